The van der Waals surface area contributed by atoms with Crippen molar-refractivity contribution in [3.63, 3.8) is 0 Å². The van der Waals surface area contributed by atoms with E-state index in [0.717, 1.165) is 12.1 Å². The molecule has 2 aromatic heterocycles. The van der Waals surface area contributed by atoms with Gasteiger partial charge in [-0.05, 0) is 18.2 Å². The second kappa shape index (κ2) is 10.1. The molecule has 0 unspecified atom stereocenters. The van der Waals surface area contributed by atoms with Gasteiger partial charge in [-0.3, -0.25) is 4.98 Å². The van der Waals surface area contributed by atoms with Crippen molar-refractivity contribution >= 4 is 17.6 Å². The Morgan fingerprint density at radius 1 is 1.09 bits per heavy atom. The first-order valence-electron chi connectivity index (χ1n) is 10.9. The first-order valence-corrected chi connectivity index (χ1v) is 11.3. The molecule has 0 radical (unpaired) electrons. The fourth-order valence-corrected chi connectivity index (χ4v) is 4.04. The lowest BCUT2D eigenvalue weighted by Gasteiger charge is -2.33. The van der Waals surface area contributed by atoms with Gasteiger partial charge in [0, 0.05) is 63.5 Å². The Hall–Kier alpha value is -3.40. The van der Waals surface area contributed by atoms with E-state index < -0.39 is 11.7 Å². The molecule has 7 nitrogen and oxygen atoms in total. The molecule has 1 aliphatic heterocycles. The molecule has 0 saturated carbocycles. The number of rotatable bonds is 4. The number of nitrogens with zero attached hydrogens (tertiary/aromatic N) is 5. The molecule has 2 amide bonds. The molecule has 0 spiro atoms. The number of carbonyl (C=O) groups is 1. The number of amides is 2. The summed E-state index contributed by atoms with van der Waals surface area (Å²) in [5.41, 5.74) is 0.966. The van der Waals surface area contributed by atoms with E-state index in [1.807, 2.05) is 0 Å². The van der Waals surface area contributed by atoms with Crippen LogP contribution >= 0.6 is 11.6 Å². The smallest absolute Gasteiger partial charge is 0.416 e. The molecule has 0 atom stereocenters. The maximum atomic E-state index is 13.0. The normalized spacial score (nSPS) is 14.6. The van der Waals surface area contributed by atoms with Gasteiger partial charge in [0.2, 0.25) is 5.88 Å². The third-order valence-electron chi connectivity index (χ3n) is 5.65. The first kappa shape index (κ1) is 24.7. The predicted molar refractivity (Wildman–Crippen MR) is 125 cm³/mol. The van der Waals surface area contributed by atoms with Crippen LogP contribution in [0.2, 0.25) is 5.02 Å². The SMILES string of the molecule is CN(C)C(=O)N1CCC(Oc2cnc(-c3ccc(C(F)(F)F)cc3)c(-c3ccncc3Cl)n2)CC1. The standard InChI is InChI=1S/C24H23ClF3N5O2/c1-32(2)23(34)33-11-8-17(9-12-33)35-20-14-30-21(15-3-5-16(6-4-15)24(26,27)28)22(31-20)18-7-10-29-13-19(18)25/h3-7,10,13-14,17H,8-9,11-12H2,1-2H3. The van der Waals surface area contributed by atoms with E-state index >= 15 is 0 Å². The van der Waals surface area contributed by atoms with Gasteiger partial charge in [0.05, 0.1) is 22.5 Å². The summed E-state index contributed by atoms with van der Waals surface area (Å²) in [6, 6.07) is 6.32. The molecular formula is C24H23ClF3N5O2. The van der Waals surface area contributed by atoms with E-state index in [1.54, 1.807) is 31.3 Å². The zero-order valence-corrected chi connectivity index (χ0v) is 19.8. The number of likely N-dealkylation sites (tertiary alicyclic amines) is 1. The average Bonchev–Trinajstić information content (AvgIpc) is 2.84. The number of aromatic nitrogens is 3. The van der Waals surface area contributed by atoms with Crippen LogP contribution in [0.25, 0.3) is 22.5 Å². The molecule has 0 aliphatic carbocycles. The van der Waals surface area contributed by atoms with Crippen LogP contribution in [0, 0.1) is 0 Å². The number of hydrogen-bond donors (Lipinski definition) is 0. The molecule has 0 N–H and O–H groups in total. The van der Waals surface area contributed by atoms with Gasteiger partial charge < -0.3 is 14.5 Å². The molecule has 1 aliphatic rings. The number of urea groups is 1. The summed E-state index contributed by atoms with van der Waals surface area (Å²) in [6.07, 6.45) is 1.12. The maximum absolute atomic E-state index is 13.0. The number of pyridine rings is 1. The van der Waals surface area contributed by atoms with Gasteiger partial charge in [0.1, 0.15) is 11.8 Å². The quantitative estimate of drug-likeness (QED) is 0.474. The third-order valence-corrected chi connectivity index (χ3v) is 5.95. The van der Waals surface area contributed by atoms with Gasteiger partial charge in [0.15, 0.2) is 0 Å². The lowest BCUT2D eigenvalue weighted by atomic mass is 10.0. The van der Waals surface area contributed by atoms with E-state index in [-0.39, 0.29) is 18.0 Å². The largest absolute Gasteiger partial charge is 0.473 e. The van der Waals surface area contributed by atoms with Crippen LogP contribution in [-0.4, -0.2) is 64.1 Å². The number of hydrogen-bond acceptors (Lipinski definition) is 5. The van der Waals surface area contributed by atoms with Crippen LogP contribution < -0.4 is 4.74 Å². The Bertz CT molecular complexity index is 1200. The minimum atomic E-state index is -4.44. The van der Waals surface area contributed by atoms with Gasteiger partial charge in [-0.25, -0.2) is 14.8 Å². The minimum Gasteiger partial charge on any atom is -0.473 e. The molecule has 11 heteroatoms. The van der Waals surface area contributed by atoms with E-state index in [0.29, 0.717) is 53.5 Å². The van der Waals surface area contributed by atoms with E-state index in [2.05, 4.69) is 15.0 Å². The van der Waals surface area contributed by atoms with Crippen LogP contribution in [-0.2, 0) is 6.18 Å². The summed E-state index contributed by atoms with van der Waals surface area (Å²) >= 11 is 6.36. The molecule has 1 saturated heterocycles. The first-order chi connectivity index (χ1) is 16.6. The Kier molecular flexibility index (Phi) is 7.11. The molecular weight excluding hydrogens is 483 g/mol. The second-order valence-corrected chi connectivity index (χ2v) is 8.72. The van der Waals surface area contributed by atoms with Crippen LogP contribution in [0.4, 0.5) is 18.0 Å². The molecule has 1 fully saturated rings. The lowest BCUT2D eigenvalue weighted by molar-refractivity contribution is -0.137. The third kappa shape index (κ3) is 5.64. The fourth-order valence-electron chi connectivity index (χ4n) is 3.83. The van der Waals surface area contributed by atoms with Crippen molar-refractivity contribution in [3.05, 3.63) is 59.5 Å². The molecule has 0 bridgehead atoms. The van der Waals surface area contributed by atoms with Crippen molar-refractivity contribution in [1.29, 1.82) is 0 Å². The molecule has 1 aromatic carbocycles. The van der Waals surface area contributed by atoms with Crippen LogP contribution in [0.5, 0.6) is 5.88 Å². The Labute approximate surface area is 205 Å². The number of halogens is 4. The minimum absolute atomic E-state index is 0.0428. The van der Waals surface area contributed by atoms with E-state index in [1.165, 1.54) is 29.4 Å². The summed E-state index contributed by atoms with van der Waals surface area (Å²) in [6.45, 7) is 1.11. The highest BCUT2D eigenvalue weighted by molar-refractivity contribution is 6.33. The zero-order chi connectivity index (χ0) is 25.2. The predicted octanol–water partition coefficient (Wildman–Crippen LogP) is 5.40. The lowest BCUT2D eigenvalue weighted by Crippen LogP contribution is -2.46. The monoisotopic (exact) mass is 505 g/mol. The fraction of sp³-hybridized carbons (Fsp3) is 0.333. The molecule has 35 heavy (non-hydrogen) atoms. The average molecular weight is 506 g/mol. The highest BCUT2D eigenvalue weighted by Gasteiger charge is 2.30. The summed E-state index contributed by atoms with van der Waals surface area (Å²) in [5.74, 6) is 0.265. The van der Waals surface area contributed by atoms with Gasteiger partial charge >= 0.3 is 12.2 Å². The summed E-state index contributed by atoms with van der Waals surface area (Å²) in [7, 11) is 3.43. The number of carbonyl (C=O) groups excluding carboxylic acids is 1. The Morgan fingerprint density at radius 2 is 1.77 bits per heavy atom. The summed E-state index contributed by atoms with van der Waals surface area (Å²) < 4.78 is 45.1. The van der Waals surface area contributed by atoms with E-state index in [9.17, 15) is 18.0 Å². The molecule has 3 aromatic rings. The van der Waals surface area contributed by atoms with Crippen molar-refractivity contribution in [1.82, 2.24) is 24.8 Å². The van der Waals surface area contributed by atoms with Crippen molar-refractivity contribution in [2.24, 2.45) is 0 Å². The van der Waals surface area contributed by atoms with Crippen molar-refractivity contribution in [3.8, 4) is 28.4 Å². The van der Waals surface area contributed by atoms with Crippen LogP contribution in [0.3, 0.4) is 0 Å². The maximum Gasteiger partial charge on any atom is 0.416 e. The van der Waals surface area contributed by atoms with Crippen LogP contribution in [0.15, 0.2) is 48.9 Å². The molecule has 3 heterocycles. The second-order valence-electron chi connectivity index (χ2n) is 8.32. The topological polar surface area (TPSA) is 71.5 Å². The van der Waals surface area contributed by atoms with Gasteiger partial charge in [-0.15, -0.1) is 0 Å². The van der Waals surface area contributed by atoms with Crippen molar-refractivity contribution in [2.75, 3.05) is 27.2 Å². The van der Waals surface area contributed by atoms with Gasteiger partial charge in [-0.2, -0.15) is 13.2 Å². The highest BCUT2D eigenvalue weighted by atomic mass is 35.5. The highest BCUT2D eigenvalue weighted by Crippen LogP contribution is 2.36. The molecule has 4 rings (SSSR count). The number of benzene rings is 1. The Balaban J connectivity index is 1.61. The number of piperidine rings is 1. The summed E-state index contributed by atoms with van der Waals surface area (Å²) in [5, 5.41) is 0.322. The zero-order valence-electron chi connectivity index (χ0n) is 19.1. The van der Waals surface area contributed by atoms with Gasteiger partial charge in [0.25, 0.3) is 0 Å². The van der Waals surface area contributed by atoms with Crippen molar-refractivity contribution in [2.45, 2.75) is 25.1 Å². The number of ether oxygens (including phenoxy) is 1. The molecule has 184 valence electrons. The van der Waals surface area contributed by atoms with E-state index in [4.69, 9.17) is 16.3 Å². The van der Waals surface area contributed by atoms with Gasteiger partial charge in [-0.1, -0.05) is 23.7 Å². The number of alkyl halides is 3. The Morgan fingerprint density at radius 3 is 2.37 bits per heavy atom. The summed E-state index contributed by atoms with van der Waals surface area (Å²) in [4.78, 5) is 28.5. The van der Waals surface area contributed by atoms with Crippen molar-refractivity contribution < 1.29 is 22.7 Å². The van der Waals surface area contributed by atoms with Crippen LogP contribution in [0.1, 0.15) is 18.4 Å².